The van der Waals surface area contributed by atoms with Gasteiger partial charge in [0, 0.05) is 36.0 Å². The summed E-state index contributed by atoms with van der Waals surface area (Å²) in [5.74, 6) is 1.98. The number of carbonyl (C=O) groups excluding carboxylic acids is 1. The maximum Gasteiger partial charge on any atom is 0.341 e. The number of nitriles is 1. The summed E-state index contributed by atoms with van der Waals surface area (Å²) in [6, 6.07) is 11.3. The first kappa shape index (κ1) is 19.3. The Balaban J connectivity index is 1.84. The number of halogens is 1. The van der Waals surface area contributed by atoms with Crippen molar-refractivity contribution in [1.29, 1.82) is 5.26 Å². The second-order valence-corrected chi connectivity index (χ2v) is 7.41. The Morgan fingerprint density at radius 2 is 2.07 bits per heavy atom. The standard InChI is InChI=1S/C19H19ClN4O2S/c1-2-26-19(25)16-11-13(12-21)17(20)23-18(16)22-14-3-5-15(6-4-14)24-7-9-27-10-8-24/h3-6,11H,2,7-10H2,1H3,(H,22,23). The second kappa shape index (κ2) is 8.98. The number of nitrogens with one attached hydrogen (secondary N) is 1. The van der Waals surface area contributed by atoms with Gasteiger partial charge in [-0.05, 0) is 37.3 Å². The first-order valence-electron chi connectivity index (χ1n) is 8.60. The third-order valence-corrected chi connectivity index (χ3v) is 5.33. The Kier molecular flexibility index (Phi) is 6.43. The van der Waals surface area contributed by atoms with Gasteiger partial charge in [0.25, 0.3) is 0 Å². The van der Waals surface area contributed by atoms with Crippen LogP contribution in [0.4, 0.5) is 17.2 Å². The monoisotopic (exact) mass is 402 g/mol. The lowest BCUT2D eigenvalue weighted by atomic mass is 10.2. The van der Waals surface area contributed by atoms with Crippen LogP contribution in [0.15, 0.2) is 30.3 Å². The van der Waals surface area contributed by atoms with Crippen molar-refractivity contribution in [3.05, 3.63) is 46.6 Å². The molecule has 0 spiro atoms. The zero-order valence-corrected chi connectivity index (χ0v) is 16.4. The lowest BCUT2D eigenvalue weighted by Gasteiger charge is -2.28. The summed E-state index contributed by atoms with van der Waals surface area (Å²) in [5, 5.41) is 12.3. The molecule has 1 fully saturated rings. The van der Waals surface area contributed by atoms with Crippen LogP contribution < -0.4 is 10.2 Å². The van der Waals surface area contributed by atoms with E-state index in [-0.39, 0.29) is 28.7 Å². The van der Waals surface area contributed by atoms with Gasteiger partial charge in [-0.25, -0.2) is 9.78 Å². The summed E-state index contributed by atoms with van der Waals surface area (Å²) < 4.78 is 5.06. The SMILES string of the molecule is CCOC(=O)c1cc(C#N)c(Cl)nc1Nc1ccc(N2CCSCC2)cc1. The van der Waals surface area contributed by atoms with E-state index in [9.17, 15) is 4.79 Å². The predicted molar refractivity (Wildman–Crippen MR) is 109 cm³/mol. The van der Waals surface area contributed by atoms with Crippen LogP contribution in [0.3, 0.4) is 0 Å². The molecule has 1 aliphatic heterocycles. The van der Waals surface area contributed by atoms with Crippen molar-refractivity contribution in [1.82, 2.24) is 4.98 Å². The highest BCUT2D eigenvalue weighted by Gasteiger charge is 2.18. The molecule has 0 amide bonds. The highest BCUT2D eigenvalue weighted by atomic mass is 35.5. The molecule has 0 aliphatic carbocycles. The fourth-order valence-electron chi connectivity index (χ4n) is 2.74. The molecule has 0 bridgehead atoms. The number of pyridine rings is 1. The van der Waals surface area contributed by atoms with Crippen molar-refractivity contribution in [2.24, 2.45) is 0 Å². The summed E-state index contributed by atoms with van der Waals surface area (Å²) >= 11 is 8.01. The van der Waals surface area contributed by atoms with E-state index in [0.717, 1.165) is 36.0 Å². The van der Waals surface area contributed by atoms with E-state index in [1.54, 1.807) is 6.92 Å². The van der Waals surface area contributed by atoms with Gasteiger partial charge < -0.3 is 15.0 Å². The number of thioether (sulfide) groups is 1. The van der Waals surface area contributed by atoms with Gasteiger partial charge in [0.15, 0.2) is 0 Å². The molecule has 6 nitrogen and oxygen atoms in total. The molecule has 0 unspecified atom stereocenters. The minimum atomic E-state index is -0.553. The van der Waals surface area contributed by atoms with Gasteiger partial charge in [-0.3, -0.25) is 0 Å². The molecular formula is C19H19ClN4O2S. The van der Waals surface area contributed by atoms with Crippen LogP contribution >= 0.6 is 23.4 Å². The molecule has 1 saturated heterocycles. The van der Waals surface area contributed by atoms with E-state index in [4.69, 9.17) is 21.6 Å². The Morgan fingerprint density at radius 3 is 2.70 bits per heavy atom. The summed E-state index contributed by atoms with van der Waals surface area (Å²) in [7, 11) is 0. The zero-order chi connectivity index (χ0) is 19.2. The smallest absolute Gasteiger partial charge is 0.341 e. The predicted octanol–water partition coefficient (Wildman–Crippen LogP) is 4.08. The molecule has 1 aromatic heterocycles. The molecule has 2 heterocycles. The van der Waals surface area contributed by atoms with Crippen molar-refractivity contribution in [3.8, 4) is 6.07 Å². The zero-order valence-electron chi connectivity index (χ0n) is 14.9. The number of hydrogen-bond acceptors (Lipinski definition) is 7. The maximum atomic E-state index is 12.2. The first-order valence-corrected chi connectivity index (χ1v) is 10.1. The van der Waals surface area contributed by atoms with Crippen LogP contribution in [0.2, 0.25) is 5.15 Å². The molecular weight excluding hydrogens is 384 g/mol. The van der Waals surface area contributed by atoms with E-state index >= 15 is 0 Å². The molecule has 1 aromatic carbocycles. The van der Waals surface area contributed by atoms with Crippen LogP contribution in [0.5, 0.6) is 0 Å². The van der Waals surface area contributed by atoms with Crippen molar-refractivity contribution in [3.63, 3.8) is 0 Å². The Bertz CT molecular complexity index is 861. The minimum Gasteiger partial charge on any atom is -0.462 e. The van der Waals surface area contributed by atoms with Crippen molar-refractivity contribution in [2.45, 2.75) is 6.92 Å². The van der Waals surface area contributed by atoms with Crippen molar-refractivity contribution < 1.29 is 9.53 Å². The molecule has 0 atom stereocenters. The van der Waals surface area contributed by atoms with Crippen LogP contribution in [-0.2, 0) is 4.74 Å². The molecule has 0 saturated carbocycles. The van der Waals surface area contributed by atoms with E-state index in [2.05, 4.69) is 15.2 Å². The van der Waals surface area contributed by atoms with Crippen LogP contribution in [0, 0.1) is 11.3 Å². The van der Waals surface area contributed by atoms with Gasteiger partial charge in [0.05, 0.1) is 12.2 Å². The number of esters is 1. The highest BCUT2D eigenvalue weighted by molar-refractivity contribution is 7.99. The molecule has 0 radical (unpaired) electrons. The van der Waals surface area contributed by atoms with Gasteiger partial charge in [-0.1, -0.05) is 11.6 Å². The van der Waals surface area contributed by atoms with Gasteiger partial charge in [-0.2, -0.15) is 17.0 Å². The number of nitrogens with zero attached hydrogens (tertiary/aromatic N) is 3. The van der Waals surface area contributed by atoms with Crippen LogP contribution in [0.25, 0.3) is 0 Å². The van der Waals surface area contributed by atoms with Gasteiger partial charge >= 0.3 is 5.97 Å². The van der Waals surface area contributed by atoms with E-state index in [1.807, 2.05) is 42.1 Å². The normalized spacial score (nSPS) is 13.7. The second-order valence-electron chi connectivity index (χ2n) is 5.83. The lowest BCUT2D eigenvalue weighted by molar-refractivity contribution is 0.0527. The third-order valence-electron chi connectivity index (χ3n) is 4.10. The van der Waals surface area contributed by atoms with Gasteiger partial charge in [-0.15, -0.1) is 0 Å². The fourth-order valence-corrected chi connectivity index (χ4v) is 3.83. The summed E-state index contributed by atoms with van der Waals surface area (Å²) in [6.07, 6.45) is 0. The van der Waals surface area contributed by atoms with Crippen molar-refractivity contribution >= 4 is 46.5 Å². The summed E-state index contributed by atoms with van der Waals surface area (Å²) in [6.45, 7) is 4.03. The number of anilines is 3. The lowest BCUT2D eigenvalue weighted by Crippen LogP contribution is -2.32. The van der Waals surface area contributed by atoms with Crippen LogP contribution in [-0.4, -0.2) is 42.2 Å². The van der Waals surface area contributed by atoms with E-state index in [0.29, 0.717) is 0 Å². The molecule has 1 N–H and O–H groups in total. The number of benzene rings is 1. The largest absolute Gasteiger partial charge is 0.462 e. The number of ether oxygens (including phenoxy) is 1. The van der Waals surface area contributed by atoms with E-state index < -0.39 is 5.97 Å². The summed E-state index contributed by atoms with van der Waals surface area (Å²) in [4.78, 5) is 18.8. The number of carbonyl (C=O) groups is 1. The number of hydrogen-bond donors (Lipinski definition) is 1. The Hall–Kier alpha value is -2.43. The molecule has 3 rings (SSSR count). The topological polar surface area (TPSA) is 78.2 Å². The summed E-state index contributed by atoms with van der Waals surface area (Å²) in [5.41, 5.74) is 2.24. The Morgan fingerprint density at radius 1 is 1.37 bits per heavy atom. The molecule has 8 heteroatoms. The van der Waals surface area contributed by atoms with Crippen LogP contribution in [0.1, 0.15) is 22.8 Å². The minimum absolute atomic E-state index is 0.0375. The maximum absolute atomic E-state index is 12.2. The van der Waals surface area contributed by atoms with E-state index in [1.165, 1.54) is 6.07 Å². The van der Waals surface area contributed by atoms with Gasteiger partial charge in [0.2, 0.25) is 0 Å². The quantitative estimate of drug-likeness (QED) is 0.596. The fraction of sp³-hybridized carbons (Fsp3) is 0.316. The molecule has 2 aromatic rings. The highest BCUT2D eigenvalue weighted by Crippen LogP contribution is 2.27. The van der Waals surface area contributed by atoms with Gasteiger partial charge in [0.1, 0.15) is 22.6 Å². The molecule has 1 aliphatic rings. The third kappa shape index (κ3) is 4.65. The number of aromatic nitrogens is 1. The Labute approximate surface area is 167 Å². The first-order chi connectivity index (χ1) is 13.1. The number of rotatable bonds is 5. The van der Waals surface area contributed by atoms with Crippen molar-refractivity contribution in [2.75, 3.05) is 41.4 Å². The average molecular weight is 403 g/mol. The average Bonchev–Trinajstić information content (AvgIpc) is 2.69. The molecule has 140 valence electrons. The molecule has 27 heavy (non-hydrogen) atoms.